The fourth-order valence-corrected chi connectivity index (χ4v) is 3.76. The Kier molecular flexibility index (Phi) is 4.78. The second-order valence-corrected chi connectivity index (χ2v) is 7.27. The third-order valence-corrected chi connectivity index (χ3v) is 5.60. The number of aromatic amines is 1. The lowest BCUT2D eigenvalue weighted by Crippen LogP contribution is -2.76. The first-order valence-corrected chi connectivity index (χ1v) is 9.01. The SMILES string of the molecule is OCC1[C@@H](O)C(O)C1(O)[C@H](O)Oc1ccc(-c2cnc3[nH]ccc3c2)cc1Cl. The van der Waals surface area contributed by atoms with Gasteiger partial charge in [-0.15, -0.1) is 0 Å². The maximum Gasteiger partial charge on any atom is 0.229 e. The number of H-pyrrole nitrogens is 1. The minimum Gasteiger partial charge on any atom is -0.460 e. The molecule has 0 bridgehead atoms. The van der Waals surface area contributed by atoms with Crippen LogP contribution in [-0.4, -0.2) is 66.2 Å². The van der Waals surface area contributed by atoms with Gasteiger partial charge in [0, 0.05) is 29.3 Å². The molecule has 1 aliphatic carbocycles. The summed E-state index contributed by atoms with van der Waals surface area (Å²) in [5.41, 5.74) is 0.163. The molecule has 1 fully saturated rings. The van der Waals surface area contributed by atoms with Gasteiger partial charge in [-0.25, -0.2) is 4.98 Å². The smallest absolute Gasteiger partial charge is 0.229 e. The molecule has 8 nitrogen and oxygen atoms in total. The van der Waals surface area contributed by atoms with E-state index < -0.39 is 36.6 Å². The molecule has 6 N–H and O–H groups in total. The van der Waals surface area contributed by atoms with Crippen LogP contribution in [0.5, 0.6) is 5.75 Å². The third kappa shape index (κ3) is 2.86. The van der Waals surface area contributed by atoms with Crippen molar-refractivity contribution < 1.29 is 30.3 Å². The van der Waals surface area contributed by atoms with Crippen molar-refractivity contribution in [3.8, 4) is 16.9 Å². The van der Waals surface area contributed by atoms with Crippen molar-refractivity contribution in [1.82, 2.24) is 9.97 Å². The number of halogens is 1. The highest BCUT2D eigenvalue weighted by Crippen LogP contribution is 2.43. The van der Waals surface area contributed by atoms with Crippen molar-refractivity contribution in [1.29, 1.82) is 0 Å². The van der Waals surface area contributed by atoms with Crippen LogP contribution in [0.3, 0.4) is 0 Å². The molecule has 2 heterocycles. The Balaban J connectivity index is 1.56. The van der Waals surface area contributed by atoms with Crippen molar-refractivity contribution in [2.24, 2.45) is 5.92 Å². The number of hydrogen-bond acceptors (Lipinski definition) is 7. The van der Waals surface area contributed by atoms with Crippen LogP contribution >= 0.6 is 11.6 Å². The molecule has 3 aromatic rings. The second kappa shape index (κ2) is 7.00. The zero-order chi connectivity index (χ0) is 20.1. The van der Waals surface area contributed by atoms with Crippen LogP contribution in [0.15, 0.2) is 42.7 Å². The molecule has 4 rings (SSSR count). The predicted molar refractivity (Wildman–Crippen MR) is 101 cm³/mol. The summed E-state index contributed by atoms with van der Waals surface area (Å²) in [5, 5.41) is 50.5. The highest BCUT2D eigenvalue weighted by atomic mass is 35.5. The molecule has 148 valence electrons. The molecule has 1 aromatic carbocycles. The van der Waals surface area contributed by atoms with Gasteiger partial charge in [-0.05, 0) is 29.8 Å². The molecule has 0 radical (unpaired) electrons. The van der Waals surface area contributed by atoms with E-state index in [0.29, 0.717) is 0 Å². The lowest BCUT2D eigenvalue weighted by molar-refractivity contribution is -0.332. The molecular weight excluding hydrogens is 388 g/mol. The number of aliphatic hydroxyl groups is 5. The van der Waals surface area contributed by atoms with Crippen LogP contribution in [-0.2, 0) is 0 Å². The first-order chi connectivity index (χ1) is 13.4. The lowest BCUT2D eigenvalue weighted by atomic mass is 9.64. The van der Waals surface area contributed by atoms with Gasteiger partial charge in [-0.3, -0.25) is 0 Å². The van der Waals surface area contributed by atoms with Crippen LogP contribution in [0, 0.1) is 5.92 Å². The Morgan fingerprint density at radius 1 is 1.21 bits per heavy atom. The predicted octanol–water partition coefficient (Wildman–Crippen LogP) is 0.655. The third-order valence-electron chi connectivity index (χ3n) is 5.30. The number of hydrogen-bond donors (Lipinski definition) is 6. The number of aliphatic hydroxyl groups excluding tert-OH is 4. The van der Waals surface area contributed by atoms with Crippen LogP contribution in [0.4, 0.5) is 0 Å². The van der Waals surface area contributed by atoms with Gasteiger partial charge in [0.25, 0.3) is 0 Å². The van der Waals surface area contributed by atoms with E-state index in [1.165, 1.54) is 6.07 Å². The highest BCUT2D eigenvalue weighted by Gasteiger charge is 2.65. The van der Waals surface area contributed by atoms with Gasteiger partial charge in [-0.1, -0.05) is 17.7 Å². The van der Waals surface area contributed by atoms with Crippen molar-refractivity contribution in [2.45, 2.75) is 24.1 Å². The number of nitrogens with zero attached hydrogens (tertiary/aromatic N) is 1. The second-order valence-electron chi connectivity index (χ2n) is 6.87. The molecule has 1 saturated carbocycles. The summed E-state index contributed by atoms with van der Waals surface area (Å²) >= 11 is 6.26. The van der Waals surface area contributed by atoms with E-state index in [4.69, 9.17) is 16.3 Å². The van der Waals surface area contributed by atoms with E-state index in [1.807, 2.05) is 12.1 Å². The lowest BCUT2D eigenvalue weighted by Gasteiger charge is -2.53. The molecule has 0 saturated heterocycles. The maximum atomic E-state index is 10.4. The summed E-state index contributed by atoms with van der Waals surface area (Å²) in [4.78, 5) is 7.34. The Morgan fingerprint density at radius 3 is 2.71 bits per heavy atom. The molecule has 5 atom stereocenters. The quantitative estimate of drug-likeness (QED) is 0.342. The van der Waals surface area contributed by atoms with Crippen LogP contribution in [0.2, 0.25) is 5.02 Å². The average molecular weight is 407 g/mol. The van der Waals surface area contributed by atoms with E-state index in [-0.39, 0.29) is 10.8 Å². The standard InChI is InChI=1S/C19H19ClN2O6/c20-13-6-9(11-5-10-3-4-21-17(10)22-7-11)1-2-14(13)28-18(26)19(27)12(8-23)15(24)16(19)25/h1-7,12,15-16,18,23-27H,8H2,(H,21,22)/t12?,15-,16?,18-,19?/m1/s1. The van der Waals surface area contributed by atoms with Gasteiger partial charge in [0.05, 0.1) is 17.7 Å². The summed E-state index contributed by atoms with van der Waals surface area (Å²) in [5.74, 6) is -1.07. The monoisotopic (exact) mass is 406 g/mol. The number of pyridine rings is 1. The molecule has 0 amide bonds. The van der Waals surface area contributed by atoms with Gasteiger partial charge in [0.2, 0.25) is 6.29 Å². The largest absolute Gasteiger partial charge is 0.460 e. The number of fused-ring (bicyclic) bond motifs is 1. The van der Waals surface area contributed by atoms with E-state index in [2.05, 4.69) is 9.97 Å². The van der Waals surface area contributed by atoms with Crippen molar-refractivity contribution in [3.63, 3.8) is 0 Å². The van der Waals surface area contributed by atoms with Crippen LogP contribution in [0.1, 0.15) is 0 Å². The van der Waals surface area contributed by atoms with Crippen molar-refractivity contribution in [2.75, 3.05) is 6.61 Å². The van der Waals surface area contributed by atoms with Crippen LogP contribution < -0.4 is 4.74 Å². The minimum absolute atomic E-state index is 0.0762. The van der Waals surface area contributed by atoms with E-state index in [1.54, 1.807) is 24.5 Å². The topological polar surface area (TPSA) is 139 Å². The maximum absolute atomic E-state index is 10.4. The Morgan fingerprint density at radius 2 is 2.00 bits per heavy atom. The van der Waals surface area contributed by atoms with Gasteiger partial charge < -0.3 is 35.3 Å². The summed E-state index contributed by atoms with van der Waals surface area (Å²) in [6, 6.07) is 8.70. The normalized spacial score (nSPS) is 28.1. The molecule has 2 aromatic heterocycles. The average Bonchev–Trinajstić information content (AvgIpc) is 3.17. The number of ether oxygens (including phenoxy) is 1. The number of aromatic nitrogens is 2. The van der Waals surface area contributed by atoms with Crippen molar-refractivity contribution >= 4 is 22.6 Å². The van der Waals surface area contributed by atoms with Crippen LogP contribution in [0.25, 0.3) is 22.2 Å². The molecule has 1 aliphatic rings. The summed E-state index contributed by atoms with van der Waals surface area (Å²) < 4.78 is 5.32. The molecule has 0 aliphatic heterocycles. The van der Waals surface area contributed by atoms with Gasteiger partial charge in [-0.2, -0.15) is 0 Å². The fourth-order valence-electron chi connectivity index (χ4n) is 3.54. The summed E-state index contributed by atoms with van der Waals surface area (Å²) in [6.45, 7) is -0.629. The zero-order valence-electron chi connectivity index (χ0n) is 14.5. The number of nitrogens with one attached hydrogen (secondary N) is 1. The number of benzene rings is 1. The molecule has 3 unspecified atom stereocenters. The van der Waals surface area contributed by atoms with E-state index in [9.17, 15) is 25.5 Å². The Hall–Kier alpha value is -2.20. The Bertz CT molecular complexity index is 1010. The fraction of sp³-hybridized carbons (Fsp3) is 0.316. The zero-order valence-corrected chi connectivity index (χ0v) is 15.3. The van der Waals surface area contributed by atoms with Gasteiger partial charge in [0.15, 0.2) is 5.60 Å². The molecule has 0 spiro atoms. The first kappa shape index (κ1) is 19.1. The molecule has 9 heteroatoms. The first-order valence-electron chi connectivity index (χ1n) is 8.63. The minimum atomic E-state index is -2.21. The van der Waals surface area contributed by atoms with Crippen molar-refractivity contribution in [3.05, 3.63) is 47.7 Å². The van der Waals surface area contributed by atoms with Gasteiger partial charge >= 0.3 is 0 Å². The van der Waals surface area contributed by atoms with Gasteiger partial charge in [0.1, 0.15) is 17.5 Å². The van der Waals surface area contributed by atoms with E-state index >= 15 is 0 Å². The number of rotatable bonds is 5. The summed E-state index contributed by atoms with van der Waals surface area (Å²) in [6.07, 6.45) is -1.42. The summed E-state index contributed by atoms with van der Waals surface area (Å²) in [7, 11) is 0. The Labute approximate surface area is 164 Å². The van der Waals surface area contributed by atoms with E-state index in [0.717, 1.165) is 22.2 Å². The molecule has 28 heavy (non-hydrogen) atoms. The highest BCUT2D eigenvalue weighted by molar-refractivity contribution is 6.32. The molecular formula is C19H19ClN2O6.